The second kappa shape index (κ2) is 9.80. The maximum Gasteiger partial charge on any atom is 0.251 e. The maximum atomic E-state index is 12.0. The van der Waals surface area contributed by atoms with Crippen molar-refractivity contribution in [3.8, 4) is 0 Å². The van der Waals surface area contributed by atoms with Gasteiger partial charge in [0.1, 0.15) is 0 Å². The van der Waals surface area contributed by atoms with E-state index in [4.69, 9.17) is 10.9 Å². The maximum absolute atomic E-state index is 12.0. The van der Waals surface area contributed by atoms with Crippen LogP contribution in [0.3, 0.4) is 0 Å². The highest BCUT2D eigenvalue weighted by molar-refractivity contribution is 6.01. The molecule has 1 amide bonds. The highest BCUT2D eigenvalue weighted by Gasteiger charge is 2.07. The molecule has 0 saturated carbocycles. The van der Waals surface area contributed by atoms with Gasteiger partial charge in [0.05, 0.1) is 0 Å². The van der Waals surface area contributed by atoms with Crippen LogP contribution < -0.4 is 11.1 Å². The van der Waals surface area contributed by atoms with E-state index < -0.39 is 0 Å². The average molecular weight is 291 g/mol. The molecule has 0 aliphatic heterocycles. The van der Waals surface area contributed by atoms with Crippen molar-refractivity contribution in [2.24, 2.45) is 10.9 Å². The second-order valence-electron chi connectivity index (χ2n) is 5.09. The van der Waals surface area contributed by atoms with Gasteiger partial charge in [-0.1, -0.05) is 56.3 Å². The van der Waals surface area contributed by atoms with E-state index in [1.54, 1.807) is 24.3 Å². The molecule has 116 valence electrons. The lowest BCUT2D eigenvalue weighted by molar-refractivity contribution is 0.0953. The molecule has 0 aliphatic rings. The summed E-state index contributed by atoms with van der Waals surface area (Å²) >= 11 is 0. The summed E-state index contributed by atoms with van der Waals surface area (Å²) in [7, 11) is 0. The van der Waals surface area contributed by atoms with Crippen LogP contribution in [0, 0.1) is 0 Å². The number of unbranched alkanes of at least 4 members (excludes halogenated alkanes) is 5. The Morgan fingerprint density at radius 3 is 2.57 bits per heavy atom. The SMILES string of the molecule is CCCCCCCCNC(=O)c1cccc(/C(N)=N/O)c1. The minimum Gasteiger partial charge on any atom is -0.409 e. The molecule has 0 spiro atoms. The van der Waals surface area contributed by atoms with Gasteiger partial charge in [0.2, 0.25) is 0 Å². The molecule has 0 fully saturated rings. The lowest BCUT2D eigenvalue weighted by Crippen LogP contribution is -2.25. The summed E-state index contributed by atoms with van der Waals surface area (Å²) < 4.78 is 0. The predicted octanol–water partition coefficient (Wildman–Crippen LogP) is 2.87. The number of carbonyl (C=O) groups is 1. The first-order valence-electron chi connectivity index (χ1n) is 7.55. The molecule has 0 aromatic heterocycles. The van der Waals surface area contributed by atoms with E-state index in [0.29, 0.717) is 17.7 Å². The molecule has 5 heteroatoms. The number of nitrogens with zero attached hydrogens (tertiary/aromatic N) is 1. The summed E-state index contributed by atoms with van der Waals surface area (Å²) in [6.45, 7) is 2.88. The zero-order valence-corrected chi connectivity index (χ0v) is 12.6. The molecule has 0 atom stereocenters. The topological polar surface area (TPSA) is 87.7 Å². The number of hydrogen-bond donors (Lipinski definition) is 3. The minimum atomic E-state index is -0.129. The van der Waals surface area contributed by atoms with Crippen LogP contribution in [0.25, 0.3) is 0 Å². The monoisotopic (exact) mass is 291 g/mol. The summed E-state index contributed by atoms with van der Waals surface area (Å²) in [5.41, 5.74) is 6.56. The first-order chi connectivity index (χ1) is 10.2. The van der Waals surface area contributed by atoms with E-state index in [9.17, 15) is 4.79 Å². The van der Waals surface area contributed by atoms with Gasteiger partial charge in [-0.15, -0.1) is 0 Å². The summed E-state index contributed by atoms with van der Waals surface area (Å²) in [5, 5.41) is 14.5. The Kier molecular flexibility index (Phi) is 7.94. The van der Waals surface area contributed by atoms with E-state index in [2.05, 4.69) is 17.4 Å². The number of benzene rings is 1. The Morgan fingerprint density at radius 1 is 1.19 bits per heavy atom. The number of hydrogen-bond acceptors (Lipinski definition) is 3. The lowest BCUT2D eigenvalue weighted by atomic mass is 10.1. The van der Waals surface area contributed by atoms with Crippen molar-refractivity contribution in [2.45, 2.75) is 45.4 Å². The van der Waals surface area contributed by atoms with Crippen LogP contribution >= 0.6 is 0 Å². The van der Waals surface area contributed by atoms with Gasteiger partial charge in [0.15, 0.2) is 5.84 Å². The van der Waals surface area contributed by atoms with Gasteiger partial charge in [0, 0.05) is 17.7 Å². The van der Waals surface area contributed by atoms with Crippen LogP contribution in [0.2, 0.25) is 0 Å². The Balaban J connectivity index is 2.35. The first kappa shape index (κ1) is 17.0. The lowest BCUT2D eigenvalue weighted by Gasteiger charge is -2.06. The van der Waals surface area contributed by atoms with Crippen LogP contribution in [0.1, 0.15) is 61.4 Å². The van der Waals surface area contributed by atoms with Gasteiger partial charge in [-0.2, -0.15) is 0 Å². The summed E-state index contributed by atoms with van der Waals surface area (Å²) in [4.78, 5) is 12.0. The smallest absolute Gasteiger partial charge is 0.251 e. The van der Waals surface area contributed by atoms with Crippen molar-refractivity contribution >= 4 is 11.7 Å². The fourth-order valence-corrected chi connectivity index (χ4v) is 2.09. The summed E-state index contributed by atoms with van der Waals surface area (Å²) in [6, 6.07) is 6.74. The zero-order chi connectivity index (χ0) is 15.5. The van der Waals surface area contributed by atoms with Gasteiger partial charge >= 0.3 is 0 Å². The van der Waals surface area contributed by atoms with Gasteiger partial charge in [-0.3, -0.25) is 4.79 Å². The molecular weight excluding hydrogens is 266 g/mol. The van der Waals surface area contributed by atoms with E-state index in [-0.39, 0.29) is 11.7 Å². The molecule has 0 saturated heterocycles. The highest BCUT2D eigenvalue weighted by Crippen LogP contribution is 2.06. The van der Waals surface area contributed by atoms with Crippen LogP contribution in [0.5, 0.6) is 0 Å². The molecule has 0 radical (unpaired) electrons. The van der Waals surface area contributed by atoms with Gasteiger partial charge in [-0.25, -0.2) is 0 Å². The van der Waals surface area contributed by atoms with Gasteiger partial charge < -0.3 is 16.3 Å². The van der Waals surface area contributed by atoms with E-state index in [1.165, 1.54) is 25.7 Å². The third kappa shape index (κ3) is 6.29. The molecule has 0 aliphatic carbocycles. The third-order valence-corrected chi connectivity index (χ3v) is 3.34. The number of oxime groups is 1. The molecular formula is C16H25N3O2. The third-order valence-electron chi connectivity index (χ3n) is 3.34. The number of nitrogens with two attached hydrogens (primary N) is 1. The predicted molar refractivity (Wildman–Crippen MR) is 84.7 cm³/mol. The van der Waals surface area contributed by atoms with Crippen molar-refractivity contribution in [3.05, 3.63) is 35.4 Å². The largest absolute Gasteiger partial charge is 0.409 e. The van der Waals surface area contributed by atoms with Crippen molar-refractivity contribution in [3.63, 3.8) is 0 Å². The van der Waals surface area contributed by atoms with E-state index >= 15 is 0 Å². The van der Waals surface area contributed by atoms with E-state index in [0.717, 1.165) is 12.8 Å². The van der Waals surface area contributed by atoms with Crippen molar-refractivity contribution < 1.29 is 10.0 Å². The molecule has 0 heterocycles. The molecule has 5 nitrogen and oxygen atoms in total. The van der Waals surface area contributed by atoms with E-state index in [1.807, 2.05) is 0 Å². The number of rotatable bonds is 9. The van der Waals surface area contributed by atoms with Crippen molar-refractivity contribution in [1.82, 2.24) is 5.32 Å². The fraction of sp³-hybridized carbons (Fsp3) is 0.500. The normalized spacial score (nSPS) is 11.4. The van der Waals surface area contributed by atoms with Crippen molar-refractivity contribution in [2.75, 3.05) is 6.54 Å². The molecule has 1 rings (SSSR count). The molecule has 4 N–H and O–H groups in total. The average Bonchev–Trinajstić information content (AvgIpc) is 2.53. The minimum absolute atomic E-state index is 0.000532. The number of nitrogens with one attached hydrogen (secondary N) is 1. The Morgan fingerprint density at radius 2 is 1.86 bits per heavy atom. The van der Waals surface area contributed by atoms with Crippen LogP contribution in [0.15, 0.2) is 29.4 Å². The van der Waals surface area contributed by atoms with Crippen LogP contribution in [-0.2, 0) is 0 Å². The number of carbonyl (C=O) groups excluding carboxylic acids is 1. The fourth-order valence-electron chi connectivity index (χ4n) is 2.09. The molecule has 21 heavy (non-hydrogen) atoms. The van der Waals surface area contributed by atoms with Crippen molar-refractivity contribution in [1.29, 1.82) is 0 Å². The summed E-state index contributed by atoms with van der Waals surface area (Å²) in [5.74, 6) is -0.128. The highest BCUT2D eigenvalue weighted by atomic mass is 16.4. The Labute approximate surface area is 126 Å². The first-order valence-corrected chi connectivity index (χ1v) is 7.55. The number of amidine groups is 1. The molecule has 0 unspecified atom stereocenters. The standard InChI is InChI=1S/C16H25N3O2/c1-2-3-4-5-6-7-11-18-16(20)14-10-8-9-13(12-14)15(17)19-21/h8-10,12,21H,2-7,11H2,1H3,(H2,17,19)(H,18,20). The second-order valence-corrected chi connectivity index (χ2v) is 5.09. The van der Waals surface area contributed by atoms with Gasteiger partial charge in [-0.05, 0) is 18.6 Å². The number of amides is 1. The molecule has 0 bridgehead atoms. The van der Waals surface area contributed by atoms with Crippen LogP contribution in [-0.4, -0.2) is 23.5 Å². The zero-order valence-electron chi connectivity index (χ0n) is 12.6. The van der Waals surface area contributed by atoms with Crippen LogP contribution in [0.4, 0.5) is 0 Å². The molecule has 1 aromatic carbocycles. The Bertz CT molecular complexity index is 472. The molecule has 1 aromatic rings. The summed E-state index contributed by atoms with van der Waals surface area (Å²) in [6.07, 6.45) is 7.16. The Hall–Kier alpha value is -2.04. The van der Waals surface area contributed by atoms with Gasteiger partial charge in [0.25, 0.3) is 5.91 Å². The quantitative estimate of drug-likeness (QED) is 0.215.